The zero-order valence-corrected chi connectivity index (χ0v) is 10.1. The third-order valence-corrected chi connectivity index (χ3v) is 2.73. The SMILES string of the molecule is CC(=O)c1ccccc1-c1[c]ccc(C(F)(F)F)c1. The molecule has 0 saturated carbocycles. The lowest BCUT2D eigenvalue weighted by Gasteiger charge is -2.10. The fourth-order valence-electron chi connectivity index (χ4n) is 1.82. The molecule has 0 aliphatic carbocycles. The first kappa shape index (κ1) is 13.3. The lowest BCUT2D eigenvalue weighted by atomic mass is 9.96. The number of halogens is 3. The van der Waals surface area contributed by atoms with Gasteiger partial charge in [0, 0.05) is 5.56 Å². The molecule has 1 nitrogen and oxygen atoms in total. The molecule has 0 aliphatic rings. The summed E-state index contributed by atoms with van der Waals surface area (Å²) in [5.41, 5.74) is 0.361. The summed E-state index contributed by atoms with van der Waals surface area (Å²) in [6.45, 7) is 1.38. The van der Waals surface area contributed by atoms with Gasteiger partial charge in [0.2, 0.25) is 0 Å². The molecule has 19 heavy (non-hydrogen) atoms. The maximum atomic E-state index is 12.7. The molecule has 0 saturated heterocycles. The van der Waals surface area contributed by atoms with Gasteiger partial charge in [-0.2, -0.15) is 13.2 Å². The normalized spacial score (nSPS) is 11.4. The average molecular weight is 263 g/mol. The van der Waals surface area contributed by atoms with Gasteiger partial charge in [-0.3, -0.25) is 4.79 Å². The molecule has 0 spiro atoms. The van der Waals surface area contributed by atoms with Crippen LogP contribution in [0.3, 0.4) is 0 Å². The first-order chi connectivity index (χ1) is 8.89. The molecule has 0 fully saturated rings. The average Bonchev–Trinajstić information content (AvgIpc) is 2.38. The molecule has 0 atom stereocenters. The van der Waals surface area contributed by atoms with Crippen LogP contribution in [0.25, 0.3) is 11.1 Å². The molecule has 0 bridgehead atoms. The van der Waals surface area contributed by atoms with Crippen molar-refractivity contribution in [3.63, 3.8) is 0 Å². The second-order valence-electron chi connectivity index (χ2n) is 4.09. The molecule has 0 amide bonds. The summed E-state index contributed by atoms with van der Waals surface area (Å²) in [5, 5.41) is 0. The van der Waals surface area contributed by atoms with Gasteiger partial charge in [-0.1, -0.05) is 30.3 Å². The van der Waals surface area contributed by atoms with Crippen molar-refractivity contribution in [3.05, 3.63) is 59.7 Å². The molecule has 0 N–H and O–H groups in total. The Balaban J connectivity index is 2.57. The quantitative estimate of drug-likeness (QED) is 0.735. The van der Waals surface area contributed by atoms with Gasteiger partial charge in [0.25, 0.3) is 0 Å². The van der Waals surface area contributed by atoms with E-state index < -0.39 is 11.7 Å². The highest BCUT2D eigenvalue weighted by atomic mass is 19.4. The number of hydrogen-bond donors (Lipinski definition) is 0. The zero-order chi connectivity index (χ0) is 14.0. The van der Waals surface area contributed by atoms with Crippen LogP contribution in [0.15, 0.2) is 42.5 Å². The van der Waals surface area contributed by atoms with Crippen molar-refractivity contribution >= 4 is 5.78 Å². The molecule has 0 aliphatic heterocycles. The minimum absolute atomic E-state index is 0.193. The van der Waals surface area contributed by atoms with Crippen molar-refractivity contribution in [2.75, 3.05) is 0 Å². The van der Waals surface area contributed by atoms with E-state index in [4.69, 9.17) is 0 Å². The smallest absolute Gasteiger partial charge is 0.294 e. The number of carbonyl (C=O) groups is 1. The van der Waals surface area contributed by atoms with Crippen LogP contribution >= 0.6 is 0 Å². The van der Waals surface area contributed by atoms with Crippen molar-refractivity contribution in [1.82, 2.24) is 0 Å². The maximum absolute atomic E-state index is 12.7. The highest BCUT2D eigenvalue weighted by Gasteiger charge is 2.30. The van der Waals surface area contributed by atoms with Gasteiger partial charge in [0.05, 0.1) is 5.56 Å². The number of alkyl halides is 3. The van der Waals surface area contributed by atoms with Gasteiger partial charge in [0.15, 0.2) is 5.78 Å². The molecule has 0 unspecified atom stereocenters. The van der Waals surface area contributed by atoms with Gasteiger partial charge in [0.1, 0.15) is 0 Å². The summed E-state index contributed by atoms with van der Waals surface area (Å²) in [6.07, 6.45) is -4.41. The molecule has 2 rings (SSSR count). The van der Waals surface area contributed by atoms with Crippen LogP contribution in [0.2, 0.25) is 0 Å². The van der Waals surface area contributed by atoms with Crippen LogP contribution in [0.5, 0.6) is 0 Å². The summed E-state index contributed by atoms with van der Waals surface area (Å²) in [6, 6.07) is 12.5. The van der Waals surface area contributed by atoms with Crippen molar-refractivity contribution in [3.8, 4) is 11.1 Å². The zero-order valence-electron chi connectivity index (χ0n) is 10.1. The molecule has 4 heteroatoms. The summed E-state index contributed by atoms with van der Waals surface area (Å²) >= 11 is 0. The van der Waals surface area contributed by atoms with Crippen molar-refractivity contribution < 1.29 is 18.0 Å². The number of benzene rings is 2. The Morgan fingerprint density at radius 1 is 1.16 bits per heavy atom. The number of carbonyl (C=O) groups excluding carboxylic acids is 1. The van der Waals surface area contributed by atoms with E-state index in [1.807, 2.05) is 0 Å². The topological polar surface area (TPSA) is 17.1 Å². The summed E-state index contributed by atoms with van der Waals surface area (Å²) in [7, 11) is 0. The Labute approximate surface area is 108 Å². The fraction of sp³-hybridized carbons (Fsp3) is 0.133. The standard InChI is InChI=1S/C15H10F3O/c1-10(19)13-7-2-3-8-14(13)11-5-4-6-12(9-11)15(16,17)18/h2-4,6-9H,1H3. The molecular formula is C15H10F3O. The van der Waals surface area contributed by atoms with Gasteiger partial charge >= 0.3 is 6.18 Å². The number of rotatable bonds is 2. The van der Waals surface area contributed by atoms with E-state index in [9.17, 15) is 18.0 Å². The molecule has 0 aromatic heterocycles. The predicted molar refractivity (Wildman–Crippen MR) is 65.7 cm³/mol. The van der Waals surface area contributed by atoms with Crippen LogP contribution in [-0.4, -0.2) is 5.78 Å². The van der Waals surface area contributed by atoms with E-state index in [1.165, 1.54) is 13.0 Å². The van der Waals surface area contributed by atoms with Crippen LogP contribution in [0.1, 0.15) is 22.8 Å². The van der Waals surface area contributed by atoms with E-state index in [2.05, 4.69) is 6.07 Å². The molecule has 97 valence electrons. The lowest BCUT2D eigenvalue weighted by molar-refractivity contribution is -0.137. The van der Waals surface area contributed by atoms with Crippen LogP contribution in [-0.2, 0) is 6.18 Å². The summed E-state index contributed by atoms with van der Waals surface area (Å²) in [5.74, 6) is -0.193. The van der Waals surface area contributed by atoms with Gasteiger partial charge < -0.3 is 0 Å². The minimum atomic E-state index is -4.41. The second-order valence-corrected chi connectivity index (χ2v) is 4.09. The monoisotopic (exact) mass is 263 g/mol. The molecule has 1 radical (unpaired) electrons. The Bertz CT molecular complexity index is 615. The number of ketones is 1. The fourth-order valence-corrected chi connectivity index (χ4v) is 1.82. The molecule has 2 aromatic rings. The van der Waals surface area contributed by atoms with Gasteiger partial charge in [-0.15, -0.1) is 0 Å². The molecule has 2 aromatic carbocycles. The van der Waals surface area contributed by atoms with Crippen LogP contribution in [0, 0.1) is 6.07 Å². The second kappa shape index (κ2) is 4.88. The largest absolute Gasteiger partial charge is 0.416 e. The van der Waals surface area contributed by atoms with E-state index in [0.717, 1.165) is 12.1 Å². The number of Topliss-reactive ketones (excluding diaryl/α,β-unsaturated/α-hetero) is 1. The third-order valence-electron chi connectivity index (χ3n) is 2.73. The number of hydrogen-bond acceptors (Lipinski definition) is 1. The van der Waals surface area contributed by atoms with Crippen LogP contribution in [0.4, 0.5) is 13.2 Å². The lowest BCUT2D eigenvalue weighted by Crippen LogP contribution is -2.05. The first-order valence-electron chi connectivity index (χ1n) is 5.59. The molecular weight excluding hydrogens is 253 g/mol. The van der Waals surface area contributed by atoms with E-state index in [-0.39, 0.29) is 11.3 Å². The Morgan fingerprint density at radius 3 is 2.47 bits per heavy atom. The van der Waals surface area contributed by atoms with Crippen molar-refractivity contribution in [2.45, 2.75) is 13.1 Å². The van der Waals surface area contributed by atoms with Crippen molar-refractivity contribution in [1.29, 1.82) is 0 Å². The Morgan fingerprint density at radius 2 is 1.84 bits per heavy atom. The molecule has 0 heterocycles. The summed E-state index contributed by atoms with van der Waals surface area (Å²) in [4.78, 5) is 11.5. The Kier molecular flexibility index (Phi) is 3.42. The van der Waals surface area contributed by atoms with Crippen molar-refractivity contribution in [2.24, 2.45) is 0 Å². The van der Waals surface area contributed by atoms with E-state index >= 15 is 0 Å². The first-order valence-corrected chi connectivity index (χ1v) is 5.59. The Hall–Kier alpha value is -2.10. The predicted octanol–water partition coefficient (Wildman–Crippen LogP) is 4.38. The van der Waals surface area contributed by atoms with Gasteiger partial charge in [-0.05, 0) is 36.2 Å². The third kappa shape index (κ3) is 2.84. The van der Waals surface area contributed by atoms with Gasteiger partial charge in [-0.25, -0.2) is 0 Å². The maximum Gasteiger partial charge on any atom is 0.416 e. The van der Waals surface area contributed by atoms with E-state index in [0.29, 0.717) is 11.1 Å². The minimum Gasteiger partial charge on any atom is -0.294 e. The summed E-state index contributed by atoms with van der Waals surface area (Å²) < 4.78 is 38.0. The highest BCUT2D eigenvalue weighted by molar-refractivity contribution is 6.00. The van der Waals surface area contributed by atoms with Crippen LogP contribution < -0.4 is 0 Å². The highest BCUT2D eigenvalue weighted by Crippen LogP contribution is 2.32. The van der Waals surface area contributed by atoms with E-state index in [1.54, 1.807) is 24.3 Å².